The normalized spacial score (nSPS) is 26.4. The summed E-state index contributed by atoms with van der Waals surface area (Å²) in [5, 5.41) is 12.4. The molecule has 0 aromatic carbocycles. The highest BCUT2D eigenvalue weighted by atomic mass is 16.4. The molecule has 2 N–H and O–H groups in total. The zero-order chi connectivity index (χ0) is 12.8. The quantitative estimate of drug-likeness (QED) is 0.739. The van der Waals surface area contributed by atoms with Crippen molar-refractivity contribution in [3.8, 4) is 0 Å². The van der Waals surface area contributed by atoms with E-state index in [4.69, 9.17) is 5.11 Å². The smallest absolute Gasteiger partial charge is 0.317 e. The summed E-state index contributed by atoms with van der Waals surface area (Å²) >= 11 is 0. The van der Waals surface area contributed by atoms with E-state index in [0.29, 0.717) is 17.9 Å². The largest absolute Gasteiger partial charge is 0.480 e. The van der Waals surface area contributed by atoms with Crippen molar-refractivity contribution >= 4 is 5.97 Å². The fourth-order valence-corrected chi connectivity index (χ4v) is 2.53. The molecule has 0 radical (unpaired) electrons. The van der Waals surface area contributed by atoms with Crippen LogP contribution in [0.15, 0.2) is 0 Å². The van der Waals surface area contributed by atoms with Gasteiger partial charge in [-0.05, 0) is 31.2 Å². The summed E-state index contributed by atoms with van der Waals surface area (Å²) in [4.78, 5) is 12.9. The summed E-state index contributed by atoms with van der Waals surface area (Å²) in [6.45, 7) is 9.61. The minimum absolute atomic E-state index is 0.174. The Labute approximate surface area is 104 Å². The maximum Gasteiger partial charge on any atom is 0.317 e. The molecule has 1 rings (SSSR count). The topological polar surface area (TPSA) is 52.6 Å². The maximum absolute atomic E-state index is 10.8. The Bertz CT molecular complexity index is 244. The Balaban J connectivity index is 2.52. The van der Waals surface area contributed by atoms with Crippen molar-refractivity contribution < 1.29 is 9.90 Å². The highest BCUT2D eigenvalue weighted by Gasteiger charge is 2.29. The van der Waals surface area contributed by atoms with Gasteiger partial charge < -0.3 is 10.4 Å². The van der Waals surface area contributed by atoms with Gasteiger partial charge in [-0.25, -0.2) is 0 Å². The molecule has 0 spiro atoms. The van der Waals surface area contributed by atoms with Gasteiger partial charge in [0, 0.05) is 19.1 Å². The Hall–Kier alpha value is -0.610. The monoisotopic (exact) mass is 242 g/mol. The van der Waals surface area contributed by atoms with E-state index in [1.165, 1.54) is 6.42 Å². The molecule has 2 atom stereocenters. The number of carboxylic acids is 1. The molecular weight excluding hydrogens is 216 g/mol. The molecule has 0 bridgehead atoms. The van der Waals surface area contributed by atoms with Crippen molar-refractivity contribution in [2.45, 2.75) is 39.7 Å². The molecule has 17 heavy (non-hydrogen) atoms. The van der Waals surface area contributed by atoms with Gasteiger partial charge in [0.1, 0.15) is 0 Å². The predicted octanol–water partition coefficient (Wildman–Crippen LogP) is 1.42. The van der Waals surface area contributed by atoms with Crippen LogP contribution in [-0.4, -0.2) is 48.2 Å². The lowest BCUT2D eigenvalue weighted by Crippen LogP contribution is -2.51. The first-order valence-corrected chi connectivity index (χ1v) is 6.70. The van der Waals surface area contributed by atoms with Gasteiger partial charge in [-0.1, -0.05) is 20.8 Å². The highest BCUT2D eigenvalue weighted by molar-refractivity contribution is 5.69. The molecule has 1 aliphatic rings. The summed E-state index contributed by atoms with van der Waals surface area (Å²) < 4.78 is 0. The van der Waals surface area contributed by atoms with Crippen LogP contribution in [0.5, 0.6) is 0 Å². The van der Waals surface area contributed by atoms with Crippen molar-refractivity contribution in [2.24, 2.45) is 11.8 Å². The number of nitrogens with zero attached hydrogens (tertiary/aromatic N) is 1. The average molecular weight is 242 g/mol. The summed E-state index contributed by atoms with van der Waals surface area (Å²) in [5.41, 5.74) is 0. The van der Waals surface area contributed by atoms with Crippen LogP contribution >= 0.6 is 0 Å². The van der Waals surface area contributed by atoms with Gasteiger partial charge in [0.25, 0.3) is 0 Å². The molecule has 0 aromatic heterocycles. The van der Waals surface area contributed by atoms with Crippen LogP contribution in [0.2, 0.25) is 0 Å². The molecule has 1 fully saturated rings. The number of carbonyl (C=O) groups is 1. The van der Waals surface area contributed by atoms with E-state index in [2.05, 4.69) is 31.0 Å². The number of hydrogen-bond acceptors (Lipinski definition) is 3. The molecule has 0 aliphatic carbocycles. The molecule has 4 nitrogen and oxygen atoms in total. The van der Waals surface area contributed by atoms with Gasteiger partial charge in [-0.2, -0.15) is 0 Å². The third kappa shape index (κ3) is 5.04. The van der Waals surface area contributed by atoms with E-state index in [-0.39, 0.29) is 6.54 Å². The summed E-state index contributed by atoms with van der Waals surface area (Å²) in [5.74, 6) is 0.513. The van der Waals surface area contributed by atoms with Crippen molar-refractivity contribution in [3.63, 3.8) is 0 Å². The molecule has 0 saturated carbocycles. The van der Waals surface area contributed by atoms with E-state index in [9.17, 15) is 4.79 Å². The van der Waals surface area contributed by atoms with Crippen LogP contribution in [-0.2, 0) is 4.79 Å². The number of hydrogen-bond donors (Lipinski definition) is 2. The molecule has 1 saturated heterocycles. The second-order valence-electron chi connectivity index (χ2n) is 5.48. The fraction of sp³-hybridized carbons (Fsp3) is 0.923. The van der Waals surface area contributed by atoms with Gasteiger partial charge in [-0.3, -0.25) is 9.69 Å². The van der Waals surface area contributed by atoms with Gasteiger partial charge in [0.2, 0.25) is 0 Å². The van der Waals surface area contributed by atoms with E-state index >= 15 is 0 Å². The maximum atomic E-state index is 10.8. The fourth-order valence-electron chi connectivity index (χ4n) is 2.53. The first kappa shape index (κ1) is 14.5. The van der Waals surface area contributed by atoms with Gasteiger partial charge in [0.05, 0.1) is 6.54 Å². The molecule has 4 heteroatoms. The predicted molar refractivity (Wildman–Crippen MR) is 69.1 cm³/mol. The summed E-state index contributed by atoms with van der Waals surface area (Å²) in [6, 6.07) is 0.454. The molecule has 0 amide bonds. The summed E-state index contributed by atoms with van der Waals surface area (Å²) in [6.07, 6.45) is 2.30. The van der Waals surface area contributed by atoms with Gasteiger partial charge in [-0.15, -0.1) is 0 Å². The molecule has 1 aliphatic heterocycles. The molecule has 2 unspecified atom stereocenters. The lowest BCUT2D eigenvalue weighted by atomic mass is 9.85. The second kappa shape index (κ2) is 6.97. The Morgan fingerprint density at radius 3 is 2.71 bits per heavy atom. The van der Waals surface area contributed by atoms with Gasteiger partial charge >= 0.3 is 5.97 Å². The zero-order valence-corrected chi connectivity index (χ0v) is 11.3. The SMILES string of the molecule is CCCNC1CC(C(C)C)CN(CC(=O)O)C1. The first-order valence-electron chi connectivity index (χ1n) is 6.70. The van der Waals surface area contributed by atoms with E-state index in [1.54, 1.807) is 0 Å². The minimum atomic E-state index is -0.719. The van der Waals surface area contributed by atoms with Gasteiger partial charge in [0.15, 0.2) is 0 Å². The number of rotatable bonds is 6. The highest BCUT2D eigenvalue weighted by Crippen LogP contribution is 2.23. The number of likely N-dealkylation sites (tertiary alicyclic amines) is 1. The van der Waals surface area contributed by atoms with Crippen LogP contribution in [0, 0.1) is 11.8 Å². The first-order chi connectivity index (χ1) is 8.02. The lowest BCUT2D eigenvalue weighted by Gasteiger charge is -2.39. The summed E-state index contributed by atoms with van der Waals surface area (Å²) in [7, 11) is 0. The van der Waals surface area contributed by atoms with Crippen molar-refractivity contribution in [3.05, 3.63) is 0 Å². The molecular formula is C13H26N2O2. The second-order valence-corrected chi connectivity index (χ2v) is 5.48. The van der Waals surface area contributed by atoms with E-state index in [1.807, 2.05) is 0 Å². The number of aliphatic carboxylic acids is 1. The molecule has 1 heterocycles. The third-order valence-electron chi connectivity index (χ3n) is 3.54. The Morgan fingerprint density at radius 1 is 1.47 bits per heavy atom. The molecule has 100 valence electrons. The van der Waals surface area contributed by atoms with Crippen LogP contribution in [0.3, 0.4) is 0 Å². The van der Waals surface area contributed by atoms with Crippen molar-refractivity contribution in [2.75, 3.05) is 26.2 Å². The van der Waals surface area contributed by atoms with Crippen LogP contribution in [0.4, 0.5) is 0 Å². The number of piperidine rings is 1. The average Bonchev–Trinajstić information content (AvgIpc) is 2.25. The Kier molecular flexibility index (Phi) is 5.92. The third-order valence-corrected chi connectivity index (χ3v) is 3.54. The van der Waals surface area contributed by atoms with Crippen molar-refractivity contribution in [1.82, 2.24) is 10.2 Å². The molecule has 0 aromatic rings. The number of nitrogens with one attached hydrogen (secondary N) is 1. The standard InChI is InChI=1S/C13H26N2O2/c1-4-5-14-12-6-11(10(2)3)7-15(8-12)9-13(16)17/h10-12,14H,4-9H2,1-3H3,(H,16,17). The zero-order valence-electron chi connectivity index (χ0n) is 11.3. The Morgan fingerprint density at radius 2 is 2.18 bits per heavy atom. The van der Waals surface area contributed by atoms with Crippen LogP contribution < -0.4 is 5.32 Å². The lowest BCUT2D eigenvalue weighted by molar-refractivity contribution is -0.139. The number of carboxylic acid groups (broad SMARTS) is 1. The van der Waals surface area contributed by atoms with Crippen molar-refractivity contribution in [1.29, 1.82) is 0 Å². The van der Waals surface area contributed by atoms with Crippen LogP contribution in [0.1, 0.15) is 33.6 Å². The van der Waals surface area contributed by atoms with Crippen LogP contribution in [0.25, 0.3) is 0 Å². The van der Waals surface area contributed by atoms with E-state index in [0.717, 1.165) is 26.1 Å². The minimum Gasteiger partial charge on any atom is -0.480 e. The van der Waals surface area contributed by atoms with E-state index < -0.39 is 5.97 Å².